The van der Waals surface area contributed by atoms with Crippen molar-refractivity contribution in [2.45, 2.75) is 13.0 Å². The maximum absolute atomic E-state index is 9.78. The fraction of sp³-hybridized carbons (Fsp3) is 0.250. The summed E-state index contributed by atoms with van der Waals surface area (Å²) in [6.07, 6.45) is 1.73. The van der Waals surface area contributed by atoms with E-state index in [1.807, 2.05) is 32.2 Å². The van der Waals surface area contributed by atoms with Gasteiger partial charge < -0.3 is 10.4 Å². The van der Waals surface area contributed by atoms with Crippen LogP contribution in [0.1, 0.15) is 18.7 Å². The Balaban J connectivity index is 2.49. The average Bonchev–Trinajstić information content (AvgIpc) is 2.77. The number of aromatic nitrogens is 2. The van der Waals surface area contributed by atoms with Crippen LogP contribution in [0, 0.1) is 0 Å². The first kappa shape index (κ1) is 10.7. The zero-order chi connectivity index (χ0) is 11.5. The van der Waals surface area contributed by atoms with Crippen molar-refractivity contribution in [2.24, 2.45) is 0 Å². The molecule has 0 radical (unpaired) electrons. The molecule has 1 heterocycles. The molecule has 4 heteroatoms. The molecule has 0 saturated heterocycles. The highest BCUT2D eigenvalue weighted by Gasteiger charge is 2.12. The molecule has 84 valence electrons. The summed E-state index contributed by atoms with van der Waals surface area (Å²) in [5.41, 5.74) is 1.72. The van der Waals surface area contributed by atoms with E-state index in [1.165, 1.54) is 0 Å². The molecule has 16 heavy (non-hydrogen) atoms. The third kappa shape index (κ3) is 1.79. The van der Waals surface area contributed by atoms with Gasteiger partial charge >= 0.3 is 0 Å². The number of phenols is 1. The quantitative estimate of drug-likeness (QED) is 0.825. The highest BCUT2D eigenvalue weighted by Crippen LogP contribution is 2.23. The molecule has 2 rings (SSSR count). The highest BCUT2D eigenvalue weighted by molar-refractivity contribution is 5.45. The van der Waals surface area contributed by atoms with E-state index in [0.29, 0.717) is 5.69 Å². The number of rotatable bonds is 3. The molecule has 0 aliphatic heterocycles. The van der Waals surface area contributed by atoms with Gasteiger partial charge in [0.1, 0.15) is 11.4 Å². The maximum Gasteiger partial charge on any atom is 0.141 e. The highest BCUT2D eigenvalue weighted by atomic mass is 16.3. The predicted octanol–water partition coefficient (Wildman–Crippen LogP) is 1.86. The Hall–Kier alpha value is -1.81. The van der Waals surface area contributed by atoms with Crippen molar-refractivity contribution in [2.75, 3.05) is 7.05 Å². The molecular weight excluding hydrogens is 202 g/mol. The second-order valence-corrected chi connectivity index (χ2v) is 3.67. The van der Waals surface area contributed by atoms with Gasteiger partial charge in [-0.25, -0.2) is 4.68 Å². The average molecular weight is 217 g/mol. The van der Waals surface area contributed by atoms with E-state index in [0.717, 1.165) is 5.69 Å². The molecule has 0 saturated carbocycles. The van der Waals surface area contributed by atoms with Crippen LogP contribution in [0.2, 0.25) is 0 Å². The second-order valence-electron chi connectivity index (χ2n) is 3.67. The minimum atomic E-state index is 0.183. The standard InChI is InChI=1S/C12H15N3O/c1-9(13-2)10-7-8-14-15(10)11-5-3-4-6-12(11)16/h3-9,13,16H,1-2H3. The van der Waals surface area contributed by atoms with Gasteiger partial charge in [-0.15, -0.1) is 0 Å². The summed E-state index contributed by atoms with van der Waals surface area (Å²) in [6, 6.07) is 9.29. The molecule has 0 bridgehead atoms. The zero-order valence-corrected chi connectivity index (χ0v) is 9.38. The van der Waals surface area contributed by atoms with Gasteiger partial charge in [0.2, 0.25) is 0 Å². The van der Waals surface area contributed by atoms with E-state index in [1.54, 1.807) is 23.0 Å². The van der Waals surface area contributed by atoms with Crippen molar-refractivity contribution in [1.29, 1.82) is 0 Å². The number of para-hydroxylation sites is 2. The Morgan fingerprint density at radius 1 is 1.31 bits per heavy atom. The lowest BCUT2D eigenvalue weighted by Gasteiger charge is -2.14. The molecule has 1 aromatic heterocycles. The first-order chi connectivity index (χ1) is 7.74. The van der Waals surface area contributed by atoms with E-state index < -0.39 is 0 Å². The van der Waals surface area contributed by atoms with Gasteiger partial charge in [-0.1, -0.05) is 12.1 Å². The van der Waals surface area contributed by atoms with Gasteiger partial charge in [-0.05, 0) is 32.2 Å². The Morgan fingerprint density at radius 3 is 2.75 bits per heavy atom. The fourth-order valence-electron chi connectivity index (χ4n) is 1.63. The predicted molar refractivity (Wildman–Crippen MR) is 62.7 cm³/mol. The zero-order valence-electron chi connectivity index (χ0n) is 9.38. The van der Waals surface area contributed by atoms with E-state index >= 15 is 0 Å². The molecule has 0 amide bonds. The summed E-state index contributed by atoms with van der Waals surface area (Å²) in [4.78, 5) is 0. The van der Waals surface area contributed by atoms with E-state index in [-0.39, 0.29) is 11.8 Å². The third-order valence-electron chi connectivity index (χ3n) is 2.66. The van der Waals surface area contributed by atoms with E-state index in [4.69, 9.17) is 0 Å². The second kappa shape index (κ2) is 4.37. The first-order valence-electron chi connectivity index (χ1n) is 5.23. The molecule has 0 spiro atoms. The molecule has 1 atom stereocenters. The number of benzene rings is 1. The summed E-state index contributed by atoms with van der Waals surface area (Å²) in [5.74, 6) is 0.232. The monoisotopic (exact) mass is 217 g/mol. The Kier molecular flexibility index (Phi) is 2.92. The first-order valence-corrected chi connectivity index (χ1v) is 5.23. The van der Waals surface area contributed by atoms with Gasteiger partial charge in [-0.2, -0.15) is 5.10 Å². The molecule has 1 aromatic carbocycles. The van der Waals surface area contributed by atoms with Crippen molar-refractivity contribution in [3.8, 4) is 11.4 Å². The number of hydrogen-bond donors (Lipinski definition) is 2. The summed E-state index contributed by atoms with van der Waals surface area (Å²) in [7, 11) is 1.90. The number of hydrogen-bond acceptors (Lipinski definition) is 3. The number of nitrogens with one attached hydrogen (secondary N) is 1. The normalized spacial score (nSPS) is 12.6. The van der Waals surface area contributed by atoms with Gasteiger partial charge in [-0.3, -0.25) is 0 Å². The van der Waals surface area contributed by atoms with E-state index in [2.05, 4.69) is 10.4 Å². The van der Waals surface area contributed by atoms with Crippen LogP contribution in [0.4, 0.5) is 0 Å². The Morgan fingerprint density at radius 2 is 2.06 bits per heavy atom. The van der Waals surface area contributed by atoms with Crippen LogP contribution in [0.5, 0.6) is 5.75 Å². The molecule has 0 aliphatic rings. The smallest absolute Gasteiger partial charge is 0.141 e. The maximum atomic E-state index is 9.78. The van der Waals surface area contributed by atoms with Crippen molar-refractivity contribution >= 4 is 0 Å². The van der Waals surface area contributed by atoms with Crippen molar-refractivity contribution < 1.29 is 5.11 Å². The lowest BCUT2D eigenvalue weighted by Crippen LogP contribution is -2.16. The molecule has 0 fully saturated rings. The van der Waals surface area contributed by atoms with Crippen LogP contribution in [0.15, 0.2) is 36.5 Å². The summed E-state index contributed by atoms with van der Waals surface area (Å²) in [6.45, 7) is 2.05. The van der Waals surface area contributed by atoms with Crippen LogP contribution >= 0.6 is 0 Å². The summed E-state index contributed by atoms with van der Waals surface area (Å²) >= 11 is 0. The van der Waals surface area contributed by atoms with Crippen LogP contribution in [0.3, 0.4) is 0 Å². The molecule has 0 aliphatic carbocycles. The van der Waals surface area contributed by atoms with Crippen LogP contribution < -0.4 is 5.32 Å². The van der Waals surface area contributed by atoms with Crippen LogP contribution in [-0.2, 0) is 0 Å². The third-order valence-corrected chi connectivity index (χ3v) is 2.66. The Bertz CT molecular complexity index is 479. The number of phenolic OH excluding ortho intramolecular Hbond substituents is 1. The lowest BCUT2D eigenvalue weighted by atomic mass is 10.2. The van der Waals surface area contributed by atoms with Gasteiger partial charge in [0.05, 0.1) is 5.69 Å². The largest absolute Gasteiger partial charge is 0.506 e. The Labute approximate surface area is 94.5 Å². The van der Waals surface area contributed by atoms with Crippen LogP contribution in [-0.4, -0.2) is 21.9 Å². The molecule has 4 nitrogen and oxygen atoms in total. The molecule has 2 aromatic rings. The summed E-state index contributed by atoms with van der Waals surface area (Å²) < 4.78 is 1.75. The van der Waals surface area contributed by atoms with Crippen molar-refractivity contribution in [1.82, 2.24) is 15.1 Å². The van der Waals surface area contributed by atoms with Crippen molar-refractivity contribution in [3.63, 3.8) is 0 Å². The van der Waals surface area contributed by atoms with Gasteiger partial charge in [0.15, 0.2) is 0 Å². The molecule has 1 unspecified atom stereocenters. The van der Waals surface area contributed by atoms with E-state index in [9.17, 15) is 5.11 Å². The minimum absolute atomic E-state index is 0.183. The van der Waals surface area contributed by atoms with Crippen molar-refractivity contribution in [3.05, 3.63) is 42.2 Å². The topological polar surface area (TPSA) is 50.1 Å². The lowest BCUT2D eigenvalue weighted by molar-refractivity contribution is 0.468. The number of aromatic hydroxyl groups is 1. The fourth-order valence-corrected chi connectivity index (χ4v) is 1.63. The van der Waals surface area contributed by atoms with Gasteiger partial charge in [0, 0.05) is 12.2 Å². The van der Waals surface area contributed by atoms with Crippen LogP contribution in [0.25, 0.3) is 5.69 Å². The number of nitrogens with zero attached hydrogens (tertiary/aromatic N) is 2. The minimum Gasteiger partial charge on any atom is -0.506 e. The molecule has 2 N–H and O–H groups in total. The SMILES string of the molecule is CNC(C)c1ccnn1-c1ccccc1O. The van der Waals surface area contributed by atoms with Gasteiger partial charge in [0.25, 0.3) is 0 Å². The molecular formula is C12H15N3O. The summed E-state index contributed by atoms with van der Waals surface area (Å²) in [5, 5.41) is 17.2.